The fraction of sp³-hybridized carbons (Fsp3) is 0.158. The van der Waals surface area contributed by atoms with Crippen molar-refractivity contribution < 1.29 is 4.79 Å². The molecular formula is C19H20N4O. The molecule has 1 atom stereocenters. The average molecular weight is 320 g/mol. The largest absolute Gasteiger partial charge is 0.324 e. The number of aromatic nitrogens is 2. The Hall–Kier alpha value is -2.92. The van der Waals surface area contributed by atoms with Crippen molar-refractivity contribution in [1.82, 2.24) is 15.5 Å². The summed E-state index contributed by atoms with van der Waals surface area (Å²) in [5, 5.41) is 12.8. The molecule has 122 valence electrons. The Balaban J connectivity index is 1.72. The highest BCUT2D eigenvalue weighted by Crippen LogP contribution is 2.21. The Morgan fingerprint density at radius 1 is 1.04 bits per heavy atom. The Bertz CT molecular complexity index is 792. The van der Waals surface area contributed by atoms with E-state index in [-0.39, 0.29) is 11.9 Å². The van der Waals surface area contributed by atoms with Gasteiger partial charge in [0.25, 0.3) is 0 Å². The maximum Gasteiger partial charge on any atom is 0.246 e. The number of benzene rings is 2. The van der Waals surface area contributed by atoms with Crippen molar-refractivity contribution in [3.8, 4) is 11.1 Å². The van der Waals surface area contributed by atoms with Crippen molar-refractivity contribution in [2.24, 2.45) is 0 Å². The van der Waals surface area contributed by atoms with Gasteiger partial charge < -0.3 is 10.6 Å². The number of H-pyrrole nitrogens is 1. The predicted octanol–water partition coefficient (Wildman–Crippen LogP) is 3.28. The number of carbonyl (C=O) groups excluding carboxylic acids is 1. The quantitative estimate of drug-likeness (QED) is 0.675. The minimum atomic E-state index is -0.390. The summed E-state index contributed by atoms with van der Waals surface area (Å²) in [5.41, 5.74) is 4.94. The molecule has 0 bridgehead atoms. The smallest absolute Gasteiger partial charge is 0.246 e. The molecule has 3 rings (SSSR count). The lowest BCUT2D eigenvalue weighted by atomic mass is 10.0. The Kier molecular flexibility index (Phi) is 4.72. The second-order valence-electron chi connectivity index (χ2n) is 5.69. The van der Waals surface area contributed by atoms with Gasteiger partial charge in [-0.3, -0.25) is 9.89 Å². The van der Waals surface area contributed by atoms with Gasteiger partial charge in [-0.05, 0) is 37.2 Å². The molecule has 0 spiro atoms. The average Bonchev–Trinajstić information content (AvgIpc) is 3.12. The lowest BCUT2D eigenvalue weighted by Gasteiger charge is -2.17. The molecule has 1 unspecified atom stereocenters. The summed E-state index contributed by atoms with van der Waals surface area (Å²) in [5.74, 6) is -0.0857. The van der Waals surface area contributed by atoms with Crippen LogP contribution in [-0.4, -0.2) is 23.2 Å². The third-order valence-corrected chi connectivity index (χ3v) is 3.95. The molecule has 24 heavy (non-hydrogen) atoms. The van der Waals surface area contributed by atoms with Gasteiger partial charge in [-0.25, -0.2) is 0 Å². The lowest BCUT2D eigenvalue weighted by molar-refractivity contribution is -0.118. The normalized spacial score (nSPS) is 11.9. The maximum atomic E-state index is 12.6. The molecule has 2 aromatic carbocycles. The first kappa shape index (κ1) is 16.0. The zero-order valence-electron chi connectivity index (χ0n) is 13.7. The van der Waals surface area contributed by atoms with Crippen LogP contribution in [0.3, 0.4) is 0 Å². The van der Waals surface area contributed by atoms with Crippen LogP contribution in [0.4, 0.5) is 5.69 Å². The molecule has 1 heterocycles. The van der Waals surface area contributed by atoms with Gasteiger partial charge in [0.05, 0.1) is 6.20 Å². The van der Waals surface area contributed by atoms with E-state index in [2.05, 4.69) is 20.8 Å². The van der Waals surface area contributed by atoms with Crippen molar-refractivity contribution >= 4 is 11.6 Å². The first-order valence-electron chi connectivity index (χ1n) is 7.81. The van der Waals surface area contributed by atoms with Crippen molar-refractivity contribution in [2.45, 2.75) is 13.0 Å². The molecule has 1 amide bonds. The number of nitrogens with one attached hydrogen (secondary N) is 3. The van der Waals surface area contributed by atoms with E-state index in [9.17, 15) is 4.79 Å². The van der Waals surface area contributed by atoms with Crippen molar-refractivity contribution in [3.63, 3.8) is 0 Å². The van der Waals surface area contributed by atoms with E-state index in [0.29, 0.717) is 0 Å². The summed E-state index contributed by atoms with van der Waals surface area (Å²) >= 11 is 0. The third kappa shape index (κ3) is 3.52. The molecule has 0 fully saturated rings. The molecule has 3 N–H and O–H groups in total. The number of aromatic amines is 1. The molecular weight excluding hydrogens is 300 g/mol. The number of hydrogen-bond acceptors (Lipinski definition) is 3. The minimum absolute atomic E-state index is 0.0857. The first-order valence-corrected chi connectivity index (χ1v) is 7.81. The molecule has 0 saturated carbocycles. The van der Waals surface area contributed by atoms with E-state index in [1.807, 2.05) is 61.7 Å². The van der Waals surface area contributed by atoms with Crippen LogP contribution in [0.25, 0.3) is 11.1 Å². The molecule has 3 aromatic rings. The van der Waals surface area contributed by atoms with Crippen molar-refractivity contribution in [3.05, 3.63) is 72.1 Å². The second-order valence-corrected chi connectivity index (χ2v) is 5.69. The van der Waals surface area contributed by atoms with Crippen molar-refractivity contribution in [1.29, 1.82) is 0 Å². The maximum absolute atomic E-state index is 12.6. The van der Waals surface area contributed by atoms with E-state index in [4.69, 9.17) is 0 Å². The van der Waals surface area contributed by atoms with E-state index in [1.165, 1.54) is 5.56 Å². The number of anilines is 1. The number of nitrogens with zero attached hydrogens (tertiary/aromatic N) is 1. The number of likely N-dealkylation sites (N-methyl/N-ethyl adjacent to an activating group) is 1. The molecule has 0 radical (unpaired) electrons. The molecule has 0 aliphatic carbocycles. The second kappa shape index (κ2) is 7.10. The van der Waals surface area contributed by atoms with Gasteiger partial charge in [0.15, 0.2) is 0 Å². The van der Waals surface area contributed by atoms with Gasteiger partial charge in [0, 0.05) is 17.4 Å². The van der Waals surface area contributed by atoms with E-state index >= 15 is 0 Å². The summed E-state index contributed by atoms with van der Waals surface area (Å²) in [4.78, 5) is 12.6. The fourth-order valence-electron chi connectivity index (χ4n) is 2.58. The number of rotatable bonds is 5. The lowest BCUT2D eigenvalue weighted by Crippen LogP contribution is -2.30. The zero-order valence-corrected chi connectivity index (χ0v) is 13.7. The third-order valence-electron chi connectivity index (χ3n) is 3.95. The molecule has 5 nitrogen and oxygen atoms in total. The van der Waals surface area contributed by atoms with Gasteiger partial charge in [0.1, 0.15) is 6.04 Å². The Labute approximate surface area is 141 Å². The number of aryl methyl sites for hydroxylation is 1. The standard InChI is InChI=1S/C19H20N4O/c1-13-3-5-15(6-4-13)18(20-2)19(24)23-17-9-7-14(8-10-17)16-11-21-22-12-16/h3-12,18,20H,1-2H3,(H,21,22)(H,23,24). The zero-order chi connectivity index (χ0) is 16.9. The van der Waals surface area contributed by atoms with E-state index < -0.39 is 0 Å². The SMILES string of the molecule is CNC(C(=O)Nc1ccc(-c2cn[nH]c2)cc1)c1ccc(C)cc1. The summed E-state index contributed by atoms with van der Waals surface area (Å²) < 4.78 is 0. The number of amides is 1. The number of carbonyl (C=O) groups is 1. The van der Waals surface area contributed by atoms with Crippen LogP contribution in [0.1, 0.15) is 17.2 Å². The molecule has 5 heteroatoms. The Morgan fingerprint density at radius 3 is 2.33 bits per heavy atom. The van der Waals surface area contributed by atoms with Gasteiger partial charge in [-0.1, -0.05) is 42.0 Å². The summed E-state index contributed by atoms with van der Waals surface area (Å²) in [6.45, 7) is 2.03. The highest BCUT2D eigenvalue weighted by Gasteiger charge is 2.18. The molecule has 0 saturated heterocycles. The van der Waals surface area contributed by atoms with Crippen LogP contribution in [0.5, 0.6) is 0 Å². The topological polar surface area (TPSA) is 69.8 Å². The van der Waals surface area contributed by atoms with Gasteiger partial charge >= 0.3 is 0 Å². The van der Waals surface area contributed by atoms with Crippen LogP contribution < -0.4 is 10.6 Å². The van der Waals surface area contributed by atoms with Crippen LogP contribution in [-0.2, 0) is 4.79 Å². The van der Waals surface area contributed by atoms with Crippen LogP contribution in [0.2, 0.25) is 0 Å². The molecule has 0 aliphatic rings. The van der Waals surface area contributed by atoms with Crippen molar-refractivity contribution in [2.75, 3.05) is 12.4 Å². The highest BCUT2D eigenvalue weighted by atomic mass is 16.2. The molecule has 1 aromatic heterocycles. The summed E-state index contributed by atoms with van der Waals surface area (Å²) in [6.07, 6.45) is 3.60. The first-order chi connectivity index (χ1) is 11.7. The van der Waals surface area contributed by atoms with Crippen LogP contribution in [0.15, 0.2) is 60.9 Å². The van der Waals surface area contributed by atoms with Gasteiger partial charge in [0.2, 0.25) is 5.91 Å². The summed E-state index contributed by atoms with van der Waals surface area (Å²) in [6, 6.07) is 15.3. The van der Waals surface area contributed by atoms with Gasteiger partial charge in [-0.15, -0.1) is 0 Å². The minimum Gasteiger partial charge on any atom is -0.324 e. The monoisotopic (exact) mass is 320 g/mol. The fourth-order valence-corrected chi connectivity index (χ4v) is 2.58. The van der Waals surface area contributed by atoms with E-state index in [0.717, 1.165) is 22.4 Å². The predicted molar refractivity (Wildman–Crippen MR) is 95.6 cm³/mol. The number of hydrogen-bond donors (Lipinski definition) is 3. The highest BCUT2D eigenvalue weighted by molar-refractivity contribution is 5.95. The van der Waals surface area contributed by atoms with Crippen LogP contribution in [0, 0.1) is 6.92 Å². The van der Waals surface area contributed by atoms with E-state index in [1.54, 1.807) is 13.2 Å². The summed E-state index contributed by atoms with van der Waals surface area (Å²) in [7, 11) is 1.78. The van der Waals surface area contributed by atoms with Gasteiger partial charge in [-0.2, -0.15) is 5.10 Å². The van der Waals surface area contributed by atoms with Crippen LogP contribution >= 0.6 is 0 Å². The molecule has 0 aliphatic heterocycles. The Morgan fingerprint density at radius 2 is 1.75 bits per heavy atom.